The van der Waals surface area contributed by atoms with Gasteiger partial charge in [-0.15, -0.1) is 0 Å². The molecule has 0 bridgehead atoms. The largest absolute Gasteiger partial charge is 0.496 e. The molecule has 1 aliphatic carbocycles. The number of carbonyl (C=O) groups excluding carboxylic acids is 2. The van der Waals surface area contributed by atoms with Crippen molar-refractivity contribution in [2.45, 2.75) is 45.4 Å². The number of methoxy groups -OCH3 is 1. The Morgan fingerprint density at radius 1 is 1.08 bits per heavy atom. The minimum atomic E-state index is 0.183. The van der Waals surface area contributed by atoms with Gasteiger partial charge >= 0.3 is 0 Å². The summed E-state index contributed by atoms with van der Waals surface area (Å²) < 4.78 is 5.36. The Labute approximate surface area is 156 Å². The lowest BCUT2D eigenvalue weighted by atomic mass is 9.84. The molecule has 0 unspecified atom stereocenters. The molecule has 1 aromatic rings. The molecule has 1 aromatic carbocycles. The van der Waals surface area contributed by atoms with Crippen LogP contribution in [0.3, 0.4) is 0 Å². The summed E-state index contributed by atoms with van der Waals surface area (Å²) in [5.74, 6) is 1.60. The Bertz CT molecular complexity index is 655. The normalized spacial score (nSPS) is 18.2. The Hall–Kier alpha value is -2.04. The molecule has 0 aromatic heterocycles. The maximum absolute atomic E-state index is 12.6. The number of rotatable bonds is 5. The van der Waals surface area contributed by atoms with Crippen LogP contribution in [0.5, 0.6) is 5.75 Å². The zero-order valence-electron chi connectivity index (χ0n) is 16.0. The lowest BCUT2D eigenvalue weighted by molar-refractivity contribution is -0.138. The second-order valence-electron chi connectivity index (χ2n) is 7.49. The molecular formula is C21H30N2O3. The monoisotopic (exact) mass is 358 g/mol. The van der Waals surface area contributed by atoms with Gasteiger partial charge in [0.25, 0.3) is 0 Å². The number of nitrogens with zero attached hydrogens (tertiary/aromatic N) is 2. The first-order valence-electron chi connectivity index (χ1n) is 9.78. The van der Waals surface area contributed by atoms with Crippen LogP contribution in [-0.4, -0.2) is 54.9 Å². The fourth-order valence-electron chi connectivity index (χ4n) is 3.73. The van der Waals surface area contributed by atoms with E-state index in [1.54, 1.807) is 7.11 Å². The third-order valence-corrected chi connectivity index (χ3v) is 5.71. The number of hydrogen-bond donors (Lipinski definition) is 0. The fourth-order valence-corrected chi connectivity index (χ4v) is 3.73. The first-order valence-corrected chi connectivity index (χ1v) is 9.78. The van der Waals surface area contributed by atoms with Crippen LogP contribution in [0.4, 0.5) is 0 Å². The molecule has 2 amide bonds. The van der Waals surface area contributed by atoms with Crippen molar-refractivity contribution in [2.24, 2.45) is 5.92 Å². The maximum atomic E-state index is 12.6. The molecule has 5 nitrogen and oxygen atoms in total. The van der Waals surface area contributed by atoms with Crippen LogP contribution in [0.25, 0.3) is 0 Å². The average Bonchev–Trinajstić information content (AvgIpc) is 2.85. The topological polar surface area (TPSA) is 49.9 Å². The molecule has 0 N–H and O–H groups in total. The zero-order valence-corrected chi connectivity index (χ0v) is 16.0. The molecule has 142 valence electrons. The van der Waals surface area contributed by atoms with Gasteiger partial charge in [-0.05, 0) is 49.8 Å². The summed E-state index contributed by atoms with van der Waals surface area (Å²) in [6.07, 6.45) is 5.36. The van der Waals surface area contributed by atoms with Gasteiger partial charge in [-0.25, -0.2) is 0 Å². The highest BCUT2D eigenvalue weighted by molar-refractivity contribution is 5.80. The Morgan fingerprint density at radius 3 is 2.50 bits per heavy atom. The van der Waals surface area contributed by atoms with E-state index in [2.05, 4.69) is 6.07 Å². The van der Waals surface area contributed by atoms with E-state index in [9.17, 15) is 9.59 Å². The minimum absolute atomic E-state index is 0.183. The zero-order chi connectivity index (χ0) is 18.5. The SMILES string of the molecule is COc1cc(CCC(=O)N2CCCN(C(=O)C3CCC3)CC2)ccc1C. The standard InChI is InChI=1S/C21H30N2O3/c1-16-7-8-17(15-19(16)26-2)9-10-20(24)22-11-4-12-23(14-13-22)21(25)18-5-3-6-18/h7-8,15,18H,3-6,9-14H2,1-2H3. The van der Waals surface area contributed by atoms with Crippen molar-refractivity contribution < 1.29 is 14.3 Å². The van der Waals surface area contributed by atoms with E-state index in [1.165, 1.54) is 6.42 Å². The van der Waals surface area contributed by atoms with E-state index >= 15 is 0 Å². The molecule has 1 aliphatic heterocycles. The van der Waals surface area contributed by atoms with Crippen molar-refractivity contribution >= 4 is 11.8 Å². The average molecular weight is 358 g/mol. The highest BCUT2D eigenvalue weighted by Gasteiger charge is 2.30. The lowest BCUT2D eigenvalue weighted by Crippen LogP contribution is -2.41. The van der Waals surface area contributed by atoms with Crippen LogP contribution in [0, 0.1) is 12.8 Å². The number of ether oxygens (including phenoxy) is 1. The number of carbonyl (C=O) groups is 2. The molecule has 2 aliphatic rings. The highest BCUT2D eigenvalue weighted by atomic mass is 16.5. The van der Waals surface area contributed by atoms with Gasteiger partial charge in [0.2, 0.25) is 11.8 Å². The van der Waals surface area contributed by atoms with Crippen LogP contribution in [-0.2, 0) is 16.0 Å². The van der Waals surface area contributed by atoms with Gasteiger partial charge in [0, 0.05) is 38.5 Å². The van der Waals surface area contributed by atoms with E-state index in [-0.39, 0.29) is 11.8 Å². The Kier molecular flexibility index (Phi) is 6.17. The van der Waals surface area contributed by atoms with Crippen LogP contribution in [0.1, 0.15) is 43.2 Å². The number of amides is 2. The number of aryl methyl sites for hydroxylation is 2. The molecular weight excluding hydrogens is 328 g/mol. The quantitative estimate of drug-likeness (QED) is 0.813. The first-order chi connectivity index (χ1) is 12.6. The highest BCUT2D eigenvalue weighted by Crippen LogP contribution is 2.28. The maximum Gasteiger partial charge on any atom is 0.225 e. The van der Waals surface area contributed by atoms with E-state index in [0.717, 1.165) is 55.6 Å². The van der Waals surface area contributed by atoms with Crippen molar-refractivity contribution in [3.63, 3.8) is 0 Å². The van der Waals surface area contributed by atoms with Crippen molar-refractivity contribution in [2.75, 3.05) is 33.3 Å². The van der Waals surface area contributed by atoms with E-state index < -0.39 is 0 Å². The third-order valence-electron chi connectivity index (χ3n) is 5.71. The van der Waals surface area contributed by atoms with Crippen molar-refractivity contribution in [3.05, 3.63) is 29.3 Å². The molecule has 0 spiro atoms. The van der Waals surface area contributed by atoms with Gasteiger partial charge in [0.1, 0.15) is 5.75 Å². The molecule has 0 radical (unpaired) electrons. The molecule has 1 saturated carbocycles. The number of benzene rings is 1. The fraction of sp³-hybridized carbons (Fsp3) is 0.619. The van der Waals surface area contributed by atoms with E-state index in [1.807, 2.05) is 28.9 Å². The predicted molar refractivity (Wildman–Crippen MR) is 101 cm³/mol. The third kappa shape index (κ3) is 4.37. The molecule has 1 heterocycles. The van der Waals surface area contributed by atoms with Crippen LogP contribution < -0.4 is 4.74 Å². The van der Waals surface area contributed by atoms with Crippen LogP contribution in [0.15, 0.2) is 18.2 Å². The predicted octanol–water partition coefficient (Wildman–Crippen LogP) is 2.80. The van der Waals surface area contributed by atoms with Gasteiger partial charge in [-0.1, -0.05) is 18.6 Å². The molecule has 0 atom stereocenters. The summed E-state index contributed by atoms with van der Waals surface area (Å²) >= 11 is 0. The number of hydrogen-bond acceptors (Lipinski definition) is 3. The van der Waals surface area contributed by atoms with Gasteiger partial charge in [-0.3, -0.25) is 9.59 Å². The Morgan fingerprint density at radius 2 is 1.81 bits per heavy atom. The first kappa shape index (κ1) is 18.7. The Balaban J connectivity index is 1.49. The summed E-state index contributed by atoms with van der Waals surface area (Å²) in [4.78, 5) is 28.9. The van der Waals surface area contributed by atoms with Gasteiger partial charge in [0.15, 0.2) is 0 Å². The second-order valence-corrected chi connectivity index (χ2v) is 7.49. The van der Waals surface area contributed by atoms with Crippen molar-refractivity contribution in [3.8, 4) is 5.75 Å². The molecule has 1 saturated heterocycles. The van der Waals surface area contributed by atoms with E-state index in [0.29, 0.717) is 25.4 Å². The van der Waals surface area contributed by atoms with E-state index in [4.69, 9.17) is 4.74 Å². The summed E-state index contributed by atoms with van der Waals surface area (Å²) in [5, 5.41) is 0. The van der Waals surface area contributed by atoms with Gasteiger partial charge in [0.05, 0.1) is 7.11 Å². The summed E-state index contributed by atoms with van der Waals surface area (Å²) in [6, 6.07) is 6.12. The molecule has 5 heteroatoms. The molecule has 26 heavy (non-hydrogen) atoms. The summed E-state index contributed by atoms with van der Waals surface area (Å²) in [6.45, 7) is 4.90. The molecule has 3 rings (SSSR count). The summed E-state index contributed by atoms with van der Waals surface area (Å²) in [7, 11) is 1.67. The minimum Gasteiger partial charge on any atom is -0.496 e. The molecule has 2 fully saturated rings. The van der Waals surface area contributed by atoms with Crippen molar-refractivity contribution in [1.82, 2.24) is 9.80 Å². The van der Waals surface area contributed by atoms with Crippen LogP contribution >= 0.6 is 0 Å². The smallest absolute Gasteiger partial charge is 0.225 e. The summed E-state index contributed by atoms with van der Waals surface area (Å²) in [5.41, 5.74) is 2.23. The van der Waals surface area contributed by atoms with Crippen LogP contribution in [0.2, 0.25) is 0 Å². The second kappa shape index (κ2) is 8.56. The lowest BCUT2D eigenvalue weighted by Gasteiger charge is -2.31. The van der Waals surface area contributed by atoms with Crippen molar-refractivity contribution in [1.29, 1.82) is 0 Å². The van der Waals surface area contributed by atoms with Gasteiger partial charge < -0.3 is 14.5 Å². The van der Waals surface area contributed by atoms with Gasteiger partial charge in [-0.2, -0.15) is 0 Å².